The Balaban J connectivity index is 2.34. The number of carboxylic acids is 1. The van der Waals surface area contributed by atoms with Crippen molar-refractivity contribution in [3.8, 4) is 5.75 Å². The number of alkyl halides is 2. The Morgan fingerprint density at radius 2 is 2.00 bits per heavy atom. The molecule has 8 heteroatoms. The Hall–Kier alpha value is -2.90. The van der Waals surface area contributed by atoms with Gasteiger partial charge in [0.2, 0.25) is 0 Å². The zero-order valence-corrected chi connectivity index (χ0v) is 10.6. The van der Waals surface area contributed by atoms with Gasteiger partial charge in [-0.05, 0) is 24.3 Å². The van der Waals surface area contributed by atoms with E-state index >= 15 is 0 Å². The van der Waals surface area contributed by atoms with Gasteiger partial charge in [-0.1, -0.05) is 12.1 Å². The summed E-state index contributed by atoms with van der Waals surface area (Å²) in [6, 6.07) is 8.53. The highest BCUT2D eigenvalue weighted by Gasteiger charge is 2.13. The zero-order valence-electron chi connectivity index (χ0n) is 10.6. The third-order valence-corrected chi connectivity index (χ3v) is 2.50. The monoisotopic (exact) mass is 295 g/mol. The molecule has 0 radical (unpaired) electrons. The fourth-order valence-corrected chi connectivity index (χ4v) is 1.59. The van der Waals surface area contributed by atoms with Crippen LogP contribution in [-0.4, -0.2) is 22.7 Å². The summed E-state index contributed by atoms with van der Waals surface area (Å²) in [5.41, 5.74) is 5.83. The van der Waals surface area contributed by atoms with Gasteiger partial charge in [-0.15, -0.1) is 0 Å². The lowest BCUT2D eigenvalue weighted by Gasteiger charge is -2.13. The highest BCUT2D eigenvalue weighted by Crippen LogP contribution is 2.30. The van der Waals surface area contributed by atoms with Crippen LogP contribution in [0.25, 0.3) is 0 Å². The van der Waals surface area contributed by atoms with Crippen molar-refractivity contribution in [2.75, 3.05) is 11.1 Å². The summed E-state index contributed by atoms with van der Waals surface area (Å²) in [5, 5.41) is 11.6. The molecular weight excluding hydrogens is 284 g/mol. The molecule has 2 rings (SSSR count). The van der Waals surface area contributed by atoms with Gasteiger partial charge in [0.15, 0.2) is 11.5 Å². The van der Waals surface area contributed by atoms with Gasteiger partial charge < -0.3 is 20.9 Å². The highest BCUT2D eigenvalue weighted by molar-refractivity contribution is 5.87. The van der Waals surface area contributed by atoms with E-state index in [-0.39, 0.29) is 28.6 Å². The average molecular weight is 295 g/mol. The lowest BCUT2D eigenvalue weighted by molar-refractivity contribution is -0.0493. The van der Waals surface area contributed by atoms with Crippen LogP contribution >= 0.6 is 0 Å². The summed E-state index contributed by atoms with van der Waals surface area (Å²) in [7, 11) is 0. The first-order valence-electron chi connectivity index (χ1n) is 5.78. The molecule has 1 aromatic heterocycles. The van der Waals surface area contributed by atoms with E-state index in [9.17, 15) is 13.6 Å². The molecule has 0 aliphatic rings. The summed E-state index contributed by atoms with van der Waals surface area (Å²) in [5.74, 6) is -1.29. The zero-order chi connectivity index (χ0) is 15.4. The smallest absolute Gasteiger partial charge is 0.387 e. The number of para-hydroxylation sites is 2. The summed E-state index contributed by atoms with van der Waals surface area (Å²) >= 11 is 0. The van der Waals surface area contributed by atoms with E-state index < -0.39 is 12.6 Å². The number of hydrogen-bond donors (Lipinski definition) is 3. The van der Waals surface area contributed by atoms with Crippen molar-refractivity contribution in [1.82, 2.24) is 4.98 Å². The number of carbonyl (C=O) groups is 1. The number of aromatic nitrogens is 1. The second-order valence-electron chi connectivity index (χ2n) is 3.94. The molecule has 0 bridgehead atoms. The van der Waals surface area contributed by atoms with Crippen molar-refractivity contribution in [3.05, 3.63) is 42.1 Å². The first-order chi connectivity index (χ1) is 9.97. The summed E-state index contributed by atoms with van der Waals surface area (Å²) in [6.45, 7) is -2.98. The minimum atomic E-state index is -2.98. The maximum atomic E-state index is 12.3. The number of anilines is 3. The van der Waals surface area contributed by atoms with E-state index in [4.69, 9.17) is 10.8 Å². The van der Waals surface area contributed by atoms with Crippen LogP contribution in [0.15, 0.2) is 36.4 Å². The number of aromatic carboxylic acids is 1. The van der Waals surface area contributed by atoms with Crippen LogP contribution in [0.1, 0.15) is 10.5 Å². The number of halogens is 2. The molecule has 0 fully saturated rings. The normalized spacial score (nSPS) is 10.4. The molecule has 0 spiro atoms. The third-order valence-electron chi connectivity index (χ3n) is 2.50. The summed E-state index contributed by atoms with van der Waals surface area (Å²) < 4.78 is 29.0. The fourth-order valence-electron chi connectivity index (χ4n) is 1.59. The Kier molecular flexibility index (Phi) is 4.17. The first kappa shape index (κ1) is 14.5. The van der Waals surface area contributed by atoms with E-state index in [0.717, 1.165) is 0 Å². The standard InChI is InChI=1S/C13H11F2N3O3/c14-13(15)21-10-4-2-1-3-8(10)17-11-7(16)5-6-9(18-11)12(19)20/h1-6,13H,16H2,(H,17,18)(H,19,20). The molecule has 0 atom stereocenters. The summed E-state index contributed by atoms with van der Waals surface area (Å²) in [6.07, 6.45) is 0. The van der Waals surface area contributed by atoms with Crippen molar-refractivity contribution in [3.63, 3.8) is 0 Å². The molecule has 1 aromatic carbocycles. The minimum Gasteiger partial charge on any atom is -0.477 e. The molecule has 110 valence electrons. The van der Waals surface area contributed by atoms with Crippen LogP contribution in [0.2, 0.25) is 0 Å². The third kappa shape index (κ3) is 3.56. The molecule has 6 nitrogen and oxygen atoms in total. The summed E-state index contributed by atoms with van der Waals surface area (Å²) in [4.78, 5) is 14.7. The number of nitrogens with two attached hydrogens (primary N) is 1. The second-order valence-corrected chi connectivity index (χ2v) is 3.94. The Bertz CT molecular complexity index is 665. The maximum absolute atomic E-state index is 12.3. The molecule has 0 saturated carbocycles. The van der Waals surface area contributed by atoms with Crippen molar-refractivity contribution in [1.29, 1.82) is 0 Å². The number of rotatable bonds is 5. The predicted molar refractivity (Wildman–Crippen MR) is 72.0 cm³/mol. The second kappa shape index (κ2) is 6.04. The molecule has 0 amide bonds. The number of carboxylic acid groups (broad SMARTS) is 1. The Labute approximate surface area is 118 Å². The number of ether oxygens (including phenoxy) is 1. The quantitative estimate of drug-likeness (QED) is 0.784. The molecule has 0 saturated heterocycles. The van der Waals surface area contributed by atoms with Gasteiger partial charge in [-0.2, -0.15) is 8.78 Å². The van der Waals surface area contributed by atoms with Gasteiger partial charge in [-0.25, -0.2) is 9.78 Å². The van der Waals surface area contributed by atoms with E-state index in [1.54, 1.807) is 6.07 Å². The fraction of sp³-hybridized carbons (Fsp3) is 0.0769. The van der Waals surface area contributed by atoms with E-state index in [1.165, 1.54) is 30.3 Å². The molecular formula is C13H11F2N3O3. The van der Waals surface area contributed by atoms with Crippen LogP contribution < -0.4 is 15.8 Å². The van der Waals surface area contributed by atoms with Gasteiger partial charge >= 0.3 is 12.6 Å². The highest BCUT2D eigenvalue weighted by atomic mass is 19.3. The van der Waals surface area contributed by atoms with Gasteiger partial charge in [0.1, 0.15) is 5.75 Å². The average Bonchev–Trinajstić information content (AvgIpc) is 2.42. The first-order valence-corrected chi connectivity index (χ1v) is 5.78. The number of hydrogen-bond acceptors (Lipinski definition) is 5. The SMILES string of the molecule is Nc1ccc(C(=O)O)nc1Nc1ccccc1OC(F)F. The van der Waals surface area contributed by atoms with E-state index in [2.05, 4.69) is 15.0 Å². The largest absolute Gasteiger partial charge is 0.477 e. The molecule has 0 aliphatic carbocycles. The van der Waals surface area contributed by atoms with Crippen LogP contribution in [0.3, 0.4) is 0 Å². The lowest BCUT2D eigenvalue weighted by Crippen LogP contribution is -2.08. The van der Waals surface area contributed by atoms with Gasteiger partial charge in [0, 0.05) is 0 Å². The van der Waals surface area contributed by atoms with Crippen molar-refractivity contribution in [2.24, 2.45) is 0 Å². The van der Waals surface area contributed by atoms with Crippen LogP contribution in [0.4, 0.5) is 26.0 Å². The van der Waals surface area contributed by atoms with Crippen molar-refractivity contribution < 1.29 is 23.4 Å². The molecule has 1 heterocycles. The molecule has 4 N–H and O–H groups in total. The topological polar surface area (TPSA) is 97.5 Å². The molecule has 2 aromatic rings. The lowest BCUT2D eigenvalue weighted by atomic mass is 10.2. The number of nitrogens with zero attached hydrogens (tertiary/aromatic N) is 1. The molecule has 21 heavy (non-hydrogen) atoms. The van der Waals surface area contributed by atoms with Crippen LogP contribution in [0, 0.1) is 0 Å². The van der Waals surface area contributed by atoms with Gasteiger partial charge in [-0.3, -0.25) is 0 Å². The minimum absolute atomic E-state index is 0.0419. The van der Waals surface area contributed by atoms with Gasteiger partial charge in [0.25, 0.3) is 0 Å². The van der Waals surface area contributed by atoms with Crippen LogP contribution in [-0.2, 0) is 0 Å². The molecule has 0 unspecified atom stereocenters. The maximum Gasteiger partial charge on any atom is 0.387 e. The predicted octanol–water partition coefficient (Wildman–Crippen LogP) is 2.71. The van der Waals surface area contributed by atoms with Crippen molar-refractivity contribution >= 4 is 23.2 Å². The molecule has 0 aliphatic heterocycles. The van der Waals surface area contributed by atoms with Crippen LogP contribution in [0.5, 0.6) is 5.75 Å². The Morgan fingerprint density at radius 1 is 1.29 bits per heavy atom. The number of nitrogens with one attached hydrogen (secondary N) is 1. The number of benzene rings is 1. The van der Waals surface area contributed by atoms with E-state index in [1.807, 2.05) is 0 Å². The Morgan fingerprint density at radius 3 is 2.67 bits per heavy atom. The van der Waals surface area contributed by atoms with E-state index in [0.29, 0.717) is 0 Å². The number of pyridine rings is 1. The van der Waals surface area contributed by atoms with Gasteiger partial charge in [0.05, 0.1) is 11.4 Å². The number of nitrogen functional groups attached to an aromatic ring is 1. The van der Waals surface area contributed by atoms with Crippen molar-refractivity contribution in [2.45, 2.75) is 6.61 Å².